The fourth-order valence-corrected chi connectivity index (χ4v) is 4.12. The van der Waals surface area contributed by atoms with Crippen LogP contribution in [0.3, 0.4) is 0 Å². The summed E-state index contributed by atoms with van der Waals surface area (Å²) in [4.78, 5) is 41.3. The highest BCUT2D eigenvalue weighted by Crippen LogP contribution is 2.30. The van der Waals surface area contributed by atoms with Crippen LogP contribution in [0.4, 0.5) is 10.5 Å². The monoisotopic (exact) mass is 515 g/mol. The zero-order valence-electron chi connectivity index (χ0n) is 22.0. The number of thiol groups is 1. The molecule has 3 amide bonds. The Morgan fingerprint density at radius 2 is 1.61 bits per heavy atom. The largest absolute Gasteiger partial charge is 0.497 e. The van der Waals surface area contributed by atoms with Gasteiger partial charge in [0.15, 0.2) is 0 Å². The average molecular weight is 516 g/mol. The quantitative estimate of drug-likeness (QED) is 0.422. The molecule has 0 aromatic heterocycles. The zero-order chi connectivity index (χ0) is 27.0. The maximum Gasteiger partial charge on any atom is 0.408 e. The number of ether oxygens (including phenoxy) is 2. The van der Waals surface area contributed by atoms with Crippen molar-refractivity contribution in [2.75, 3.05) is 24.7 Å². The molecule has 2 rings (SSSR count). The van der Waals surface area contributed by atoms with E-state index in [4.69, 9.17) is 9.47 Å². The lowest BCUT2D eigenvalue weighted by Crippen LogP contribution is -2.53. The van der Waals surface area contributed by atoms with Crippen molar-refractivity contribution >= 4 is 36.2 Å². The fourth-order valence-electron chi connectivity index (χ4n) is 3.87. The predicted octanol–water partition coefficient (Wildman–Crippen LogP) is 4.66. The van der Waals surface area contributed by atoms with E-state index >= 15 is 0 Å². The van der Waals surface area contributed by atoms with E-state index in [0.29, 0.717) is 11.4 Å². The maximum absolute atomic E-state index is 13.7. The van der Waals surface area contributed by atoms with Gasteiger partial charge in [0.25, 0.3) is 5.91 Å². The van der Waals surface area contributed by atoms with Gasteiger partial charge in [0.05, 0.1) is 7.11 Å². The summed E-state index contributed by atoms with van der Waals surface area (Å²) in [5.74, 6) is -0.109. The van der Waals surface area contributed by atoms with Crippen molar-refractivity contribution in [3.63, 3.8) is 0 Å². The molecule has 2 atom stereocenters. The lowest BCUT2D eigenvalue weighted by Gasteiger charge is -2.34. The molecule has 2 unspecified atom stereocenters. The number of hydrogen-bond donors (Lipinski definition) is 3. The Balaban J connectivity index is 2.45. The summed E-state index contributed by atoms with van der Waals surface area (Å²) in [5, 5.41) is 5.53. The average Bonchev–Trinajstić information content (AvgIpc) is 2.80. The molecular formula is C27H37N3O5S. The molecule has 196 valence electrons. The number of carbonyl (C=O) groups is 3. The van der Waals surface area contributed by atoms with Crippen LogP contribution in [0.2, 0.25) is 0 Å². The summed E-state index contributed by atoms with van der Waals surface area (Å²) >= 11 is 4.29. The topological polar surface area (TPSA) is 97.0 Å². The van der Waals surface area contributed by atoms with E-state index in [0.717, 1.165) is 16.7 Å². The molecule has 0 aliphatic carbocycles. The Bertz CT molecular complexity index is 1050. The van der Waals surface area contributed by atoms with Crippen LogP contribution in [0, 0.1) is 13.8 Å². The molecule has 0 saturated carbocycles. The number of methoxy groups -OCH3 is 1. The van der Waals surface area contributed by atoms with Crippen LogP contribution in [-0.4, -0.2) is 53.9 Å². The van der Waals surface area contributed by atoms with Gasteiger partial charge >= 0.3 is 6.09 Å². The SMILES string of the molecule is CCN(C(=O)C(CS)NC(=O)OC(C)(C)C)C(C(=O)Nc1ccc(OC)cc1)c1c(C)cccc1C. The molecule has 0 bridgehead atoms. The van der Waals surface area contributed by atoms with Crippen molar-refractivity contribution in [2.45, 2.75) is 59.2 Å². The Kier molecular flexibility index (Phi) is 10.2. The highest BCUT2D eigenvalue weighted by molar-refractivity contribution is 7.80. The van der Waals surface area contributed by atoms with Crippen LogP contribution in [0.15, 0.2) is 42.5 Å². The summed E-state index contributed by atoms with van der Waals surface area (Å²) in [5.41, 5.74) is 2.32. The molecule has 0 radical (unpaired) electrons. The van der Waals surface area contributed by atoms with E-state index in [2.05, 4.69) is 23.3 Å². The standard InChI is InChI=1S/C27H37N3O5S/c1-8-30(25(32)21(16-36)29-26(33)35-27(4,5)6)23(22-17(2)10-9-11-18(22)3)24(31)28-19-12-14-20(34-7)15-13-19/h9-15,21,23,36H,8,16H2,1-7H3,(H,28,31)(H,29,33). The van der Waals surface area contributed by atoms with Crippen molar-refractivity contribution in [1.29, 1.82) is 0 Å². The minimum Gasteiger partial charge on any atom is -0.497 e. The summed E-state index contributed by atoms with van der Waals surface area (Å²) in [7, 11) is 1.57. The number of hydrogen-bond acceptors (Lipinski definition) is 6. The minimum atomic E-state index is -0.983. The number of aryl methyl sites for hydroxylation is 2. The summed E-state index contributed by atoms with van der Waals surface area (Å²) in [6.07, 6.45) is -0.725. The second-order valence-corrected chi connectivity index (χ2v) is 9.80. The third-order valence-corrected chi connectivity index (χ3v) is 5.89. The number of nitrogens with one attached hydrogen (secondary N) is 2. The number of likely N-dealkylation sites (N-methyl/N-ethyl adjacent to an activating group) is 1. The van der Waals surface area contributed by atoms with Crippen LogP contribution in [0.5, 0.6) is 5.75 Å². The number of nitrogens with zero attached hydrogens (tertiary/aromatic N) is 1. The predicted molar refractivity (Wildman–Crippen MR) is 145 cm³/mol. The Morgan fingerprint density at radius 3 is 2.08 bits per heavy atom. The number of alkyl carbamates (subject to hydrolysis) is 1. The Hall–Kier alpha value is -3.20. The number of benzene rings is 2. The van der Waals surface area contributed by atoms with Gasteiger partial charge in [0.1, 0.15) is 23.4 Å². The minimum absolute atomic E-state index is 0.0359. The first kappa shape index (κ1) is 29.0. The molecule has 0 aliphatic rings. The van der Waals surface area contributed by atoms with Crippen molar-refractivity contribution in [2.24, 2.45) is 0 Å². The van der Waals surface area contributed by atoms with Gasteiger partial charge in [-0.2, -0.15) is 12.6 Å². The fraction of sp³-hybridized carbons (Fsp3) is 0.444. The van der Waals surface area contributed by atoms with Gasteiger partial charge in [-0.15, -0.1) is 0 Å². The van der Waals surface area contributed by atoms with Gasteiger partial charge in [-0.25, -0.2) is 4.79 Å². The third-order valence-electron chi connectivity index (χ3n) is 5.53. The summed E-state index contributed by atoms with van der Waals surface area (Å²) in [6, 6.07) is 10.8. The van der Waals surface area contributed by atoms with Crippen molar-refractivity contribution in [3.05, 3.63) is 59.2 Å². The first-order chi connectivity index (χ1) is 16.9. The van der Waals surface area contributed by atoms with Gasteiger partial charge < -0.3 is 25.0 Å². The first-order valence-electron chi connectivity index (χ1n) is 11.8. The van der Waals surface area contributed by atoms with Crippen LogP contribution >= 0.6 is 12.6 Å². The van der Waals surface area contributed by atoms with Gasteiger partial charge in [-0.05, 0) is 82.5 Å². The number of anilines is 1. The van der Waals surface area contributed by atoms with Gasteiger partial charge in [-0.1, -0.05) is 18.2 Å². The smallest absolute Gasteiger partial charge is 0.408 e. The molecule has 0 aliphatic heterocycles. The van der Waals surface area contributed by atoms with E-state index in [1.165, 1.54) is 4.90 Å². The Morgan fingerprint density at radius 1 is 1.03 bits per heavy atom. The van der Waals surface area contributed by atoms with E-state index < -0.39 is 29.7 Å². The Labute approximate surface area is 219 Å². The zero-order valence-corrected chi connectivity index (χ0v) is 22.9. The summed E-state index contributed by atoms with van der Waals surface area (Å²) < 4.78 is 10.5. The van der Waals surface area contributed by atoms with Crippen molar-refractivity contribution in [1.82, 2.24) is 10.2 Å². The number of rotatable bonds is 9. The van der Waals surface area contributed by atoms with E-state index in [9.17, 15) is 14.4 Å². The third kappa shape index (κ3) is 7.65. The van der Waals surface area contributed by atoms with Gasteiger partial charge in [-0.3, -0.25) is 9.59 Å². The molecular weight excluding hydrogens is 478 g/mol. The maximum atomic E-state index is 13.7. The molecule has 9 heteroatoms. The highest BCUT2D eigenvalue weighted by Gasteiger charge is 2.36. The molecule has 8 nitrogen and oxygen atoms in total. The molecule has 0 heterocycles. The summed E-state index contributed by atoms with van der Waals surface area (Å²) in [6.45, 7) is 11.1. The molecule has 0 spiro atoms. The molecule has 36 heavy (non-hydrogen) atoms. The lowest BCUT2D eigenvalue weighted by atomic mass is 9.93. The van der Waals surface area contributed by atoms with Crippen LogP contribution in [-0.2, 0) is 14.3 Å². The van der Waals surface area contributed by atoms with E-state index in [1.54, 1.807) is 59.1 Å². The first-order valence-corrected chi connectivity index (χ1v) is 12.5. The van der Waals surface area contributed by atoms with Crippen LogP contribution in [0.25, 0.3) is 0 Å². The molecule has 0 saturated heterocycles. The molecule has 2 N–H and O–H groups in total. The molecule has 2 aromatic carbocycles. The molecule has 2 aromatic rings. The number of amides is 3. The van der Waals surface area contributed by atoms with Crippen LogP contribution < -0.4 is 15.4 Å². The van der Waals surface area contributed by atoms with E-state index in [1.807, 2.05) is 32.0 Å². The van der Waals surface area contributed by atoms with Crippen LogP contribution in [0.1, 0.15) is 50.4 Å². The normalized spacial score (nSPS) is 12.8. The number of carbonyl (C=O) groups excluding carboxylic acids is 3. The van der Waals surface area contributed by atoms with Gasteiger partial charge in [0, 0.05) is 18.0 Å². The van der Waals surface area contributed by atoms with Crippen molar-refractivity contribution < 1.29 is 23.9 Å². The second kappa shape index (κ2) is 12.7. The second-order valence-electron chi connectivity index (χ2n) is 9.43. The van der Waals surface area contributed by atoms with Crippen molar-refractivity contribution in [3.8, 4) is 5.75 Å². The molecule has 0 fully saturated rings. The lowest BCUT2D eigenvalue weighted by molar-refractivity contribution is -0.140. The van der Waals surface area contributed by atoms with Gasteiger partial charge in [0.2, 0.25) is 5.91 Å². The van der Waals surface area contributed by atoms with E-state index in [-0.39, 0.29) is 18.2 Å². The highest BCUT2D eigenvalue weighted by atomic mass is 32.1.